The fourth-order valence-corrected chi connectivity index (χ4v) is 2.24. The highest BCUT2D eigenvalue weighted by Crippen LogP contribution is 2.18. The molecule has 0 aliphatic carbocycles. The van der Waals surface area contributed by atoms with Gasteiger partial charge in [-0.25, -0.2) is 0 Å². The maximum Gasteiger partial charge on any atom is 0.227 e. The van der Waals surface area contributed by atoms with Crippen molar-refractivity contribution >= 4 is 5.91 Å². The fraction of sp³-hybridized carbons (Fsp3) is 0.909. The van der Waals surface area contributed by atoms with E-state index in [0.29, 0.717) is 19.1 Å². The zero-order valence-corrected chi connectivity index (χ0v) is 9.65. The van der Waals surface area contributed by atoms with Crippen LogP contribution in [0, 0.1) is 11.8 Å². The van der Waals surface area contributed by atoms with Crippen LogP contribution in [0.15, 0.2) is 0 Å². The zero-order chi connectivity index (χ0) is 11.5. The van der Waals surface area contributed by atoms with Crippen molar-refractivity contribution in [2.24, 2.45) is 17.6 Å². The van der Waals surface area contributed by atoms with E-state index in [4.69, 9.17) is 15.2 Å². The third-order valence-corrected chi connectivity index (χ3v) is 3.50. The van der Waals surface area contributed by atoms with Crippen molar-refractivity contribution in [3.8, 4) is 0 Å². The highest BCUT2D eigenvalue weighted by molar-refractivity contribution is 5.80. The lowest BCUT2D eigenvalue weighted by Gasteiger charge is -2.22. The first kappa shape index (κ1) is 11.8. The SMILES string of the molecule is CC(NC(=O)C1COCC1N)C1CCOC1. The van der Waals surface area contributed by atoms with E-state index in [1.165, 1.54) is 0 Å². The molecule has 3 N–H and O–H groups in total. The van der Waals surface area contributed by atoms with Crippen LogP contribution >= 0.6 is 0 Å². The number of hydrogen-bond acceptors (Lipinski definition) is 4. The molecule has 0 aromatic rings. The maximum absolute atomic E-state index is 11.9. The van der Waals surface area contributed by atoms with Crippen LogP contribution in [0.25, 0.3) is 0 Å². The summed E-state index contributed by atoms with van der Waals surface area (Å²) in [7, 11) is 0. The zero-order valence-electron chi connectivity index (χ0n) is 9.65. The van der Waals surface area contributed by atoms with E-state index < -0.39 is 0 Å². The van der Waals surface area contributed by atoms with Crippen LogP contribution in [0.5, 0.6) is 0 Å². The van der Waals surface area contributed by atoms with E-state index in [1.807, 2.05) is 6.92 Å². The Hall–Kier alpha value is -0.650. The van der Waals surface area contributed by atoms with Gasteiger partial charge in [-0.3, -0.25) is 4.79 Å². The Balaban J connectivity index is 1.81. The molecule has 4 atom stereocenters. The van der Waals surface area contributed by atoms with Gasteiger partial charge in [0.1, 0.15) is 0 Å². The number of rotatable bonds is 3. The van der Waals surface area contributed by atoms with Gasteiger partial charge in [0.05, 0.1) is 25.7 Å². The second-order valence-electron chi connectivity index (χ2n) is 4.73. The molecule has 2 saturated heterocycles. The van der Waals surface area contributed by atoms with Crippen LogP contribution in [-0.4, -0.2) is 44.4 Å². The van der Waals surface area contributed by atoms with Gasteiger partial charge in [0.2, 0.25) is 5.91 Å². The molecule has 2 heterocycles. The lowest BCUT2D eigenvalue weighted by molar-refractivity contribution is -0.126. The van der Waals surface area contributed by atoms with Gasteiger partial charge in [0.15, 0.2) is 0 Å². The van der Waals surface area contributed by atoms with Gasteiger partial charge in [-0.15, -0.1) is 0 Å². The summed E-state index contributed by atoms with van der Waals surface area (Å²) >= 11 is 0. The van der Waals surface area contributed by atoms with Gasteiger partial charge in [-0.05, 0) is 13.3 Å². The topological polar surface area (TPSA) is 73.6 Å². The summed E-state index contributed by atoms with van der Waals surface area (Å²) in [5.41, 5.74) is 5.80. The van der Waals surface area contributed by atoms with Crippen molar-refractivity contribution in [2.45, 2.75) is 25.4 Å². The van der Waals surface area contributed by atoms with Gasteiger partial charge in [0.25, 0.3) is 0 Å². The molecule has 0 radical (unpaired) electrons. The molecule has 92 valence electrons. The summed E-state index contributed by atoms with van der Waals surface area (Å²) in [6.45, 7) is 4.50. The van der Waals surface area contributed by atoms with Crippen molar-refractivity contribution in [3.63, 3.8) is 0 Å². The number of hydrogen-bond donors (Lipinski definition) is 2. The Kier molecular flexibility index (Phi) is 3.78. The molecule has 5 heteroatoms. The molecular weight excluding hydrogens is 208 g/mol. The Bertz CT molecular complexity index is 254. The summed E-state index contributed by atoms with van der Waals surface area (Å²) in [6.07, 6.45) is 1.02. The number of nitrogens with one attached hydrogen (secondary N) is 1. The quantitative estimate of drug-likeness (QED) is 0.683. The first-order valence-electron chi connectivity index (χ1n) is 5.90. The van der Waals surface area contributed by atoms with Crippen molar-refractivity contribution in [1.82, 2.24) is 5.32 Å². The minimum atomic E-state index is -0.190. The highest BCUT2D eigenvalue weighted by atomic mass is 16.5. The van der Waals surface area contributed by atoms with Crippen LogP contribution in [0.1, 0.15) is 13.3 Å². The number of nitrogens with two attached hydrogens (primary N) is 1. The van der Waals surface area contributed by atoms with E-state index in [2.05, 4.69) is 5.32 Å². The second-order valence-corrected chi connectivity index (χ2v) is 4.73. The molecule has 2 fully saturated rings. The summed E-state index contributed by atoms with van der Waals surface area (Å²) in [6, 6.07) is -0.00479. The Morgan fingerprint density at radius 1 is 1.38 bits per heavy atom. The Labute approximate surface area is 95.7 Å². The molecule has 0 saturated carbocycles. The number of amides is 1. The molecule has 0 aromatic carbocycles. The lowest BCUT2D eigenvalue weighted by Crippen LogP contribution is -2.46. The first-order valence-corrected chi connectivity index (χ1v) is 5.90. The van der Waals surface area contributed by atoms with Crippen molar-refractivity contribution in [1.29, 1.82) is 0 Å². The average molecular weight is 228 g/mol. The smallest absolute Gasteiger partial charge is 0.227 e. The number of carbonyl (C=O) groups is 1. The molecule has 0 bridgehead atoms. The van der Waals surface area contributed by atoms with Crippen molar-refractivity contribution < 1.29 is 14.3 Å². The Morgan fingerprint density at radius 2 is 2.19 bits per heavy atom. The standard InChI is InChI=1S/C11H20N2O3/c1-7(8-2-3-15-4-8)13-11(14)9-5-16-6-10(9)12/h7-10H,2-6,12H2,1H3,(H,13,14). The Morgan fingerprint density at radius 3 is 2.75 bits per heavy atom. The maximum atomic E-state index is 11.9. The van der Waals surface area contributed by atoms with E-state index in [0.717, 1.165) is 19.6 Å². The van der Waals surface area contributed by atoms with Crippen LogP contribution in [0.2, 0.25) is 0 Å². The normalized spacial score (nSPS) is 36.2. The van der Waals surface area contributed by atoms with E-state index in [-0.39, 0.29) is 23.9 Å². The molecule has 1 amide bonds. The lowest BCUT2D eigenvalue weighted by atomic mass is 9.98. The number of carbonyl (C=O) groups excluding carboxylic acids is 1. The summed E-state index contributed by atoms with van der Waals surface area (Å²) < 4.78 is 10.5. The molecule has 5 nitrogen and oxygen atoms in total. The second kappa shape index (κ2) is 5.12. The average Bonchev–Trinajstić information content (AvgIpc) is 2.86. The molecule has 2 aliphatic rings. The third kappa shape index (κ3) is 2.53. The molecule has 0 aromatic heterocycles. The highest BCUT2D eigenvalue weighted by Gasteiger charge is 2.33. The van der Waals surface area contributed by atoms with E-state index in [1.54, 1.807) is 0 Å². The van der Waals surface area contributed by atoms with Gasteiger partial charge in [-0.2, -0.15) is 0 Å². The first-order chi connectivity index (χ1) is 7.68. The predicted molar refractivity (Wildman–Crippen MR) is 58.8 cm³/mol. The minimum Gasteiger partial charge on any atom is -0.381 e. The van der Waals surface area contributed by atoms with Crippen LogP contribution < -0.4 is 11.1 Å². The molecule has 2 rings (SSSR count). The van der Waals surface area contributed by atoms with Crippen molar-refractivity contribution in [2.75, 3.05) is 26.4 Å². The van der Waals surface area contributed by atoms with Crippen LogP contribution in [0.4, 0.5) is 0 Å². The molecule has 16 heavy (non-hydrogen) atoms. The summed E-state index contributed by atoms with van der Waals surface area (Å²) in [5, 5.41) is 3.02. The minimum absolute atomic E-state index is 0.0180. The molecule has 0 spiro atoms. The van der Waals surface area contributed by atoms with Gasteiger partial charge >= 0.3 is 0 Å². The van der Waals surface area contributed by atoms with E-state index >= 15 is 0 Å². The molecular formula is C11H20N2O3. The molecule has 2 aliphatic heterocycles. The van der Waals surface area contributed by atoms with Crippen LogP contribution in [-0.2, 0) is 14.3 Å². The summed E-state index contributed by atoms with van der Waals surface area (Å²) in [4.78, 5) is 11.9. The van der Waals surface area contributed by atoms with Gasteiger partial charge in [0, 0.05) is 24.6 Å². The van der Waals surface area contributed by atoms with Crippen LogP contribution in [0.3, 0.4) is 0 Å². The van der Waals surface area contributed by atoms with Gasteiger partial charge in [-0.1, -0.05) is 0 Å². The largest absolute Gasteiger partial charge is 0.381 e. The predicted octanol–water partition coefficient (Wildman–Crippen LogP) is -0.499. The number of ether oxygens (including phenoxy) is 2. The third-order valence-electron chi connectivity index (χ3n) is 3.50. The monoisotopic (exact) mass is 228 g/mol. The van der Waals surface area contributed by atoms with E-state index in [9.17, 15) is 4.79 Å². The van der Waals surface area contributed by atoms with Gasteiger partial charge < -0.3 is 20.5 Å². The molecule has 4 unspecified atom stereocenters. The van der Waals surface area contributed by atoms with Crippen molar-refractivity contribution in [3.05, 3.63) is 0 Å². The summed E-state index contributed by atoms with van der Waals surface area (Å²) in [5.74, 6) is 0.261. The fourth-order valence-electron chi connectivity index (χ4n) is 2.24.